The standard InChI is InChI=1S/C21H22N4O5S3/c1-14(25(33(2,27)28)16-8-9-17-18(12-16)30-11-10-29-17)19(26)22-20-23-24-21(32-20)31-13-15-6-4-3-5-7-15/h3-9,12,14H,10-11,13H2,1-2H3,(H,22,23,26)/t14-/m0/s1. The number of amides is 1. The topological polar surface area (TPSA) is 111 Å². The zero-order chi connectivity index (χ0) is 23.4. The monoisotopic (exact) mass is 506 g/mol. The number of fused-ring (bicyclic) bond motifs is 1. The van der Waals surface area contributed by atoms with Crippen molar-refractivity contribution >= 4 is 49.8 Å². The first-order valence-corrected chi connectivity index (χ1v) is 13.7. The van der Waals surface area contributed by atoms with E-state index in [1.165, 1.54) is 30.0 Å². The second-order valence-corrected chi connectivity index (χ2v) is 11.3. The van der Waals surface area contributed by atoms with Crippen molar-refractivity contribution in [2.24, 2.45) is 0 Å². The second-order valence-electron chi connectivity index (χ2n) is 7.20. The van der Waals surface area contributed by atoms with Crippen LogP contribution in [0, 0.1) is 0 Å². The molecule has 2 aromatic carbocycles. The van der Waals surface area contributed by atoms with Crippen LogP contribution in [0.5, 0.6) is 11.5 Å². The van der Waals surface area contributed by atoms with Gasteiger partial charge in [-0.3, -0.25) is 14.4 Å². The van der Waals surface area contributed by atoms with E-state index in [1.807, 2.05) is 30.3 Å². The van der Waals surface area contributed by atoms with Gasteiger partial charge >= 0.3 is 0 Å². The summed E-state index contributed by atoms with van der Waals surface area (Å²) in [6.07, 6.45) is 1.05. The Morgan fingerprint density at radius 2 is 1.88 bits per heavy atom. The highest BCUT2D eigenvalue weighted by Crippen LogP contribution is 2.35. The average molecular weight is 507 g/mol. The molecule has 3 aromatic rings. The Labute approximate surface area is 200 Å². The molecule has 4 rings (SSSR count). The van der Waals surface area contributed by atoms with E-state index in [2.05, 4.69) is 15.5 Å². The molecule has 1 N–H and O–H groups in total. The number of nitrogens with zero attached hydrogens (tertiary/aromatic N) is 3. The normalized spacial score (nSPS) is 13.9. The molecule has 2 heterocycles. The van der Waals surface area contributed by atoms with Gasteiger partial charge in [0, 0.05) is 11.8 Å². The number of hydrogen-bond donors (Lipinski definition) is 1. The van der Waals surface area contributed by atoms with Crippen molar-refractivity contribution in [1.82, 2.24) is 10.2 Å². The molecule has 1 aliphatic rings. The number of carbonyl (C=O) groups is 1. The van der Waals surface area contributed by atoms with Gasteiger partial charge in [0.05, 0.1) is 11.9 Å². The molecule has 0 unspecified atom stereocenters. The Kier molecular flexibility index (Phi) is 7.05. The number of carbonyl (C=O) groups excluding carboxylic acids is 1. The van der Waals surface area contributed by atoms with Crippen LogP contribution in [0.15, 0.2) is 52.9 Å². The largest absolute Gasteiger partial charge is 0.486 e. The third-order valence-corrected chi connectivity index (χ3v) is 8.00. The van der Waals surface area contributed by atoms with Gasteiger partial charge in [0.25, 0.3) is 0 Å². The summed E-state index contributed by atoms with van der Waals surface area (Å²) >= 11 is 2.75. The first-order chi connectivity index (χ1) is 15.8. The lowest BCUT2D eigenvalue weighted by molar-refractivity contribution is -0.116. The maximum Gasteiger partial charge on any atom is 0.249 e. The fourth-order valence-electron chi connectivity index (χ4n) is 3.23. The van der Waals surface area contributed by atoms with Crippen molar-refractivity contribution in [3.05, 3.63) is 54.1 Å². The zero-order valence-electron chi connectivity index (χ0n) is 17.9. The first-order valence-electron chi connectivity index (χ1n) is 10.0. The molecule has 12 heteroatoms. The lowest BCUT2D eigenvalue weighted by Gasteiger charge is -2.29. The van der Waals surface area contributed by atoms with Crippen LogP contribution in [-0.2, 0) is 20.6 Å². The molecular formula is C21H22N4O5S3. The van der Waals surface area contributed by atoms with Gasteiger partial charge in [-0.1, -0.05) is 53.4 Å². The van der Waals surface area contributed by atoms with Crippen LogP contribution in [0.1, 0.15) is 12.5 Å². The molecule has 0 saturated heterocycles. The summed E-state index contributed by atoms with van der Waals surface area (Å²) in [4.78, 5) is 12.9. The molecule has 0 aliphatic carbocycles. The van der Waals surface area contributed by atoms with Crippen LogP contribution in [0.3, 0.4) is 0 Å². The van der Waals surface area contributed by atoms with E-state index in [0.717, 1.165) is 21.9 Å². The van der Waals surface area contributed by atoms with Crippen molar-refractivity contribution in [2.45, 2.75) is 23.1 Å². The fraction of sp³-hybridized carbons (Fsp3) is 0.286. The van der Waals surface area contributed by atoms with E-state index in [9.17, 15) is 13.2 Å². The molecule has 1 amide bonds. The highest BCUT2D eigenvalue weighted by atomic mass is 32.2. The Bertz CT molecular complexity index is 1230. The summed E-state index contributed by atoms with van der Waals surface area (Å²) in [5, 5.41) is 11.1. The van der Waals surface area contributed by atoms with E-state index in [1.54, 1.807) is 18.2 Å². The lowest BCUT2D eigenvalue weighted by Crippen LogP contribution is -2.45. The second kappa shape index (κ2) is 9.98. The number of thioether (sulfide) groups is 1. The zero-order valence-corrected chi connectivity index (χ0v) is 20.4. The molecule has 0 fully saturated rings. The van der Waals surface area contributed by atoms with Crippen molar-refractivity contribution in [3.63, 3.8) is 0 Å². The van der Waals surface area contributed by atoms with Gasteiger partial charge in [0.15, 0.2) is 15.8 Å². The van der Waals surface area contributed by atoms with E-state index < -0.39 is 22.0 Å². The number of ether oxygens (including phenoxy) is 2. The first kappa shape index (κ1) is 23.3. The van der Waals surface area contributed by atoms with E-state index in [-0.39, 0.29) is 0 Å². The molecule has 1 aliphatic heterocycles. The van der Waals surface area contributed by atoms with Crippen LogP contribution < -0.4 is 19.1 Å². The van der Waals surface area contributed by atoms with Crippen molar-refractivity contribution in [2.75, 3.05) is 29.1 Å². The molecule has 174 valence electrons. The Morgan fingerprint density at radius 1 is 1.15 bits per heavy atom. The molecule has 1 atom stereocenters. The summed E-state index contributed by atoms with van der Waals surface area (Å²) in [5.74, 6) is 1.17. The molecule has 0 spiro atoms. The maximum absolute atomic E-state index is 12.9. The van der Waals surface area contributed by atoms with E-state index in [4.69, 9.17) is 9.47 Å². The van der Waals surface area contributed by atoms with Gasteiger partial charge in [-0.05, 0) is 24.6 Å². The van der Waals surface area contributed by atoms with Gasteiger partial charge in [-0.25, -0.2) is 8.42 Å². The fourth-order valence-corrected chi connectivity index (χ4v) is 6.10. The number of hydrogen-bond acceptors (Lipinski definition) is 9. The summed E-state index contributed by atoms with van der Waals surface area (Å²) in [5.41, 5.74) is 1.46. The maximum atomic E-state index is 12.9. The predicted octanol–water partition coefficient (Wildman–Crippen LogP) is 3.39. The number of nitrogens with one attached hydrogen (secondary N) is 1. The molecule has 9 nitrogen and oxygen atoms in total. The molecule has 1 aromatic heterocycles. The van der Waals surface area contributed by atoms with Crippen molar-refractivity contribution < 1.29 is 22.7 Å². The average Bonchev–Trinajstić information content (AvgIpc) is 3.24. The molecule has 0 saturated carbocycles. The molecular weight excluding hydrogens is 484 g/mol. The summed E-state index contributed by atoms with van der Waals surface area (Å²) in [6, 6.07) is 13.7. The Hall–Kier alpha value is -2.83. The third-order valence-electron chi connectivity index (χ3n) is 4.71. The van der Waals surface area contributed by atoms with Crippen LogP contribution in [0.25, 0.3) is 0 Å². The molecule has 0 bridgehead atoms. The van der Waals surface area contributed by atoms with Gasteiger partial charge in [-0.15, -0.1) is 10.2 Å². The summed E-state index contributed by atoms with van der Waals surface area (Å²) < 4.78 is 37.9. The Balaban J connectivity index is 1.46. The van der Waals surface area contributed by atoms with Crippen molar-refractivity contribution in [3.8, 4) is 11.5 Å². The van der Waals surface area contributed by atoms with Gasteiger partial charge in [0.2, 0.25) is 21.1 Å². The summed E-state index contributed by atoms with van der Waals surface area (Å²) in [7, 11) is -3.78. The van der Waals surface area contributed by atoms with Gasteiger partial charge < -0.3 is 9.47 Å². The molecule has 0 radical (unpaired) electrons. The van der Waals surface area contributed by atoms with Crippen LogP contribution in [0.4, 0.5) is 10.8 Å². The number of anilines is 2. The smallest absolute Gasteiger partial charge is 0.249 e. The minimum Gasteiger partial charge on any atom is -0.486 e. The number of sulfonamides is 1. The van der Waals surface area contributed by atoms with Gasteiger partial charge in [0.1, 0.15) is 19.3 Å². The van der Waals surface area contributed by atoms with Crippen molar-refractivity contribution in [1.29, 1.82) is 0 Å². The Morgan fingerprint density at radius 3 is 2.61 bits per heavy atom. The highest BCUT2D eigenvalue weighted by Gasteiger charge is 2.31. The number of rotatable bonds is 8. The SMILES string of the molecule is C[C@@H](C(=O)Nc1nnc(SCc2ccccc2)s1)N(c1ccc2c(c1)OCCO2)S(C)(=O)=O. The lowest BCUT2D eigenvalue weighted by atomic mass is 10.2. The minimum absolute atomic E-state index is 0.304. The number of aromatic nitrogens is 2. The van der Waals surface area contributed by atoms with Crippen LogP contribution in [0.2, 0.25) is 0 Å². The highest BCUT2D eigenvalue weighted by molar-refractivity contribution is 8.00. The quantitative estimate of drug-likeness (QED) is 0.366. The van der Waals surface area contributed by atoms with Crippen LogP contribution in [-0.4, -0.2) is 50.0 Å². The predicted molar refractivity (Wildman–Crippen MR) is 129 cm³/mol. The van der Waals surface area contributed by atoms with E-state index >= 15 is 0 Å². The molecule has 33 heavy (non-hydrogen) atoms. The van der Waals surface area contributed by atoms with Gasteiger partial charge in [-0.2, -0.15) is 0 Å². The van der Waals surface area contributed by atoms with E-state index in [0.29, 0.717) is 39.9 Å². The van der Waals surface area contributed by atoms with Crippen LogP contribution >= 0.6 is 23.1 Å². The third kappa shape index (κ3) is 5.75. The minimum atomic E-state index is -3.78. The number of benzene rings is 2. The summed E-state index contributed by atoms with van der Waals surface area (Å²) in [6.45, 7) is 2.31.